The topological polar surface area (TPSA) is 26.3 Å². The standard InChI is InChI=1S/C17H28O2/c1-5-7-8-15(6-2)13-19-16(18)17(4)11-9-14(3)10-12-17/h9-11,15H,5-8,12-13H2,1-4H3. The van der Waals surface area contributed by atoms with E-state index in [1.165, 1.54) is 18.4 Å². The van der Waals surface area contributed by atoms with E-state index in [1.54, 1.807) is 0 Å². The predicted octanol–water partition coefficient (Wildman–Crippen LogP) is 4.66. The van der Waals surface area contributed by atoms with E-state index >= 15 is 0 Å². The number of esters is 1. The molecule has 0 aromatic carbocycles. The lowest BCUT2D eigenvalue weighted by Crippen LogP contribution is -2.30. The Hall–Kier alpha value is -1.05. The van der Waals surface area contributed by atoms with Crippen LogP contribution in [0.5, 0.6) is 0 Å². The van der Waals surface area contributed by atoms with Crippen LogP contribution in [0.4, 0.5) is 0 Å². The molecule has 1 rings (SSSR count). The molecule has 0 bridgehead atoms. The van der Waals surface area contributed by atoms with Crippen LogP contribution >= 0.6 is 0 Å². The van der Waals surface area contributed by atoms with Crippen molar-refractivity contribution in [1.82, 2.24) is 0 Å². The summed E-state index contributed by atoms with van der Waals surface area (Å²) in [5.41, 5.74) is 0.752. The Morgan fingerprint density at radius 3 is 2.74 bits per heavy atom. The van der Waals surface area contributed by atoms with Crippen LogP contribution in [-0.2, 0) is 9.53 Å². The van der Waals surface area contributed by atoms with Gasteiger partial charge in [-0.1, -0.05) is 56.9 Å². The third kappa shape index (κ3) is 4.85. The highest BCUT2D eigenvalue weighted by Crippen LogP contribution is 2.31. The molecule has 0 saturated carbocycles. The molecule has 0 spiro atoms. The van der Waals surface area contributed by atoms with Crippen LogP contribution in [0.2, 0.25) is 0 Å². The summed E-state index contributed by atoms with van der Waals surface area (Å²) in [6.07, 6.45) is 11.5. The molecule has 0 saturated heterocycles. The summed E-state index contributed by atoms with van der Waals surface area (Å²) in [7, 11) is 0. The monoisotopic (exact) mass is 264 g/mol. The largest absolute Gasteiger partial charge is 0.465 e. The summed E-state index contributed by atoms with van der Waals surface area (Å²) in [4.78, 5) is 12.2. The zero-order valence-electron chi connectivity index (χ0n) is 12.9. The van der Waals surface area contributed by atoms with Gasteiger partial charge in [-0.05, 0) is 32.6 Å². The molecule has 0 aliphatic heterocycles. The molecule has 0 N–H and O–H groups in total. The van der Waals surface area contributed by atoms with E-state index in [0.29, 0.717) is 12.5 Å². The second kappa shape index (κ2) is 7.52. The number of hydrogen-bond acceptors (Lipinski definition) is 2. The molecule has 0 radical (unpaired) electrons. The Morgan fingerprint density at radius 1 is 1.47 bits per heavy atom. The SMILES string of the molecule is CCCCC(CC)COC(=O)C1(C)C=CC(C)=CC1. The fraction of sp³-hybridized carbons (Fsp3) is 0.706. The molecule has 1 aliphatic carbocycles. The summed E-state index contributed by atoms with van der Waals surface area (Å²) < 4.78 is 5.55. The first-order valence-corrected chi connectivity index (χ1v) is 7.55. The molecular formula is C17H28O2. The quantitative estimate of drug-likeness (QED) is 0.625. The Kier molecular flexibility index (Phi) is 6.33. The molecule has 0 aromatic heterocycles. The van der Waals surface area contributed by atoms with Crippen molar-refractivity contribution in [3.8, 4) is 0 Å². The van der Waals surface area contributed by atoms with Crippen molar-refractivity contribution in [2.45, 2.75) is 59.8 Å². The van der Waals surface area contributed by atoms with Crippen molar-refractivity contribution in [2.75, 3.05) is 6.61 Å². The highest BCUT2D eigenvalue weighted by atomic mass is 16.5. The first-order chi connectivity index (χ1) is 9.01. The average molecular weight is 264 g/mol. The summed E-state index contributed by atoms with van der Waals surface area (Å²) in [5, 5.41) is 0. The summed E-state index contributed by atoms with van der Waals surface area (Å²) in [6.45, 7) is 8.95. The van der Waals surface area contributed by atoms with Crippen molar-refractivity contribution >= 4 is 5.97 Å². The first kappa shape index (κ1) is 16.0. The van der Waals surface area contributed by atoms with Crippen LogP contribution in [0.3, 0.4) is 0 Å². The van der Waals surface area contributed by atoms with E-state index < -0.39 is 5.41 Å². The van der Waals surface area contributed by atoms with E-state index in [0.717, 1.165) is 19.3 Å². The van der Waals surface area contributed by atoms with Crippen LogP contribution in [0, 0.1) is 11.3 Å². The first-order valence-electron chi connectivity index (χ1n) is 7.55. The van der Waals surface area contributed by atoms with Crippen LogP contribution in [-0.4, -0.2) is 12.6 Å². The third-order valence-electron chi connectivity index (χ3n) is 4.02. The molecule has 0 amide bonds. The third-order valence-corrected chi connectivity index (χ3v) is 4.02. The van der Waals surface area contributed by atoms with Crippen molar-refractivity contribution in [3.05, 3.63) is 23.8 Å². The predicted molar refractivity (Wildman–Crippen MR) is 79.9 cm³/mol. The van der Waals surface area contributed by atoms with Crippen molar-refractivity contribution < 1.29 is 9.53 Å². The van der Waals surface area contributed by atoms with Crippen LogP contribution in [0.1, 0.15) is 59.8 Å². The van der Waals surface area contributed by atoms with Gasteiger partial charge in [-0.3, -0.25) is 4.79 Å². The minimum absolute atomic E-state index is 0.0811. The second-order valence-electron chi connectivity index (χ2n) is 5.92. The molecule has 0 heterocycles. The van der Waals surface area contributed by atoms with E-state index in [4.69, 9.17) is 4.74 Å². The number of hydrogen-bond donors (Lipinski definition) is 0. The van der Waals surface area contributed by atoms with E-state index in [1.807, 2.05) is 19.1 Å². The van der Waals surface area contributed by atoms with Crippen LogP contribution < -0.4 is 0 Å². The molecule has 0 fully saturated rings. The van der Waals surface area contributed by atoms with Gasteiger partial charge in [0.05, 0.1) is 12.0 Å². The molecular weight excluding hydrogens is 236 g/mol. The van der Waals surface area contributed by atoms with E-state index in [9.17, 15) is 4.79 Å². The summed E-state index contributed by atoms with van der Waals surface area (Å²) in [6, 6.07) is 0. The van der Waals surface area contributed by atoms with Gasteiger partial charge in [0.15, 0.2) is 0 Å². The maximum Gasteiger partial charge on any atom is 0.315 e. The Labute approximate surface area is 117 Å². The smallest absolute Gasteiger partial charge is 0.315 e. The number of ether oxygens (including phenoxy) is 1. The maximum absolute atomic E-state index is 12.2. The lowest BCUT2D eigenvalue weighted by molar-refractivity contribution is -0.153. The van der Waals surface area contributed by atoms with E-state index in [2.05, 4.69) is 26.8 Å². The molecule has 0 aromatic rings. The molecule has 2 heteroatoms. The van der Waals surface area contributed by atoms with Gasteiger partial charge in [0.2, 0.25) is 0 Å². The van der Waals surface area contributed by atoms with Gasteiger partial charge in [0, 0.05) is 0 Å². The average Bonchev–Trinajstić information content (AvgIpc) is 2.42. The molecule has 2 nitrogen and oxygen atoms in total. The van der Waals surface area contributed by atoms with Crippen LogP contribution in [0.25, 0.3) is 0 Å². The zero-order valence-corrected chi connectivity index (χ0v) is 12.9. The number of unbranched alkanes of at least 4 members (excludes halogenated alkanes) is 1. The van der Waals surface area contributed by atoms with E-state index in [-0.39, 0.29) is 5.97 Å². The lowest BCUT2D eigenvalue weighted by Gasteiger charge is -2.26. The summed E-state index contributed by atoms with van der Waals surface area (Å²) >= 11 is 0. The molecule has 19 heavy (non-hydrogen) atoms. The maximum atomic E-state index is 12.2. The van der Waals surface area contributed by atoms with Gasteiger partial charge in [-0.15, -0.1) is 0 Å². The van der Waals surface area contributed by atoms with Gasteiger partial charge >= 0.3 is 5.97 Å². The fourth-order valence-corrected chi connectivity index (χ4v) is 2.23. The molecule has 1 aliphatic rings. The van der Waals surface area contributed by atoms with Crippen molar-refractivity contribution in [2.24, 2.45) is 11.3 Å². The highest BCUT2D eigenvalue weighted by molar-refractivity contribution is 5.79. The minimum atomic E-state index is -0.470. The number of carbonyl (C=O) groups is 1. The second-order valence-corrected chi connectivity index (χ2v) is 5.92. The molecule has 2 unspecified atom stereocenters. The van der Waals surface area contributed by atoms with Gasteiger partial charge in [0.25, 0.3) is 0 Å². The Morgan fingerprint density at radius 2 is 2.21 bits per heavy atom. The molecule has 2 atom stereocenters. The number of carbonyl (C=O) groups excluding carboxylic acids is 1. The Bertz CT molecular complexity index is 354. The summed E-state index contributed by atoms with van der Waals surface area (Å²) in [5.74, 6) is 0.430. The lowest BCUT2D eigenvalue weighted by atomic mass is 9.82. The van der Waals surface area contributed by atoms with Gasteiger partial charge < -0.3 is 4.74 Å². The number of rotatable bonds is 7. The van der Waals surface area contributed by atoms with Crippen LogP contribution in [0.15, 0.2) is 23.8 Å². The normalized spacial score (nSPS) is 23.9. The van der Waals surface area contributed by atoms with Gasteiger partial charge in [-0.2, -0.15) is 0 Å². The highest BCUT2D eigenvalue weighted by Gasteiger charge is 2.32. The fourth-order valence-electron chi connectivity index (χ4n) is 2.23. The number of allylic oxidation sites excluding steroid dienone is 3. The molecule has 108 valence electrons. The minimum Gasteiger partial charge on any atom is -0.465 e. The van der Waals surface area contributed by atoms with Gasteiger partial charge in [-0.25, -0.2) is 0 Å². The van der Waals surface area contributed by atoms with Gasteiger partial charge in [0.1, 0.15) is 0 Å². The Balaban J connectivity index is 2.44. The van der Waals surface area contributed by atoms with Crippen molar-refractivity contribution in [3.63, 3.8) is 0 Å². The van der Waals surface area contributed by atoms with Crippen molar-refractivity contribution in [1.29, 1.82) is 0 Å². The zero-order chi connectivity index (χ0) is 14.3.